The van der Waals surface area contributed by atoms with E-state index < -0.39 is 29.0 Å². The van der Waals surface area contributed by atoms with Gasteiger partial charge in [-0.2, -0.15) is 0 Å². The van der Waals surface area contributed by atoms with Crippen molar-refractivity contribution in [2.45, 2.75) is 6.42 Å². The summed E-state index contributed by atoms with van der Waals surface area (Å²) in [5.74, 6) is -4.89. The van der Waals surface area contributed by atoms with Crippen LogP contribution in [-0.4, -0.2) is 5.91 Å². The second-order valence-electron chi connectivity index (χ2n) is 4.07. The highest BCUT2D eigenvalue weighted by Gasteiger charge is 2.15. The number of amides is 1. The lowest BCUT2D eigenvalue weighted by Crippen LogP contribution is -2.16. The van der Waals surface area contributed by atoms with E-state index in [0.29, 0.717) is 10.6 Å². The van der Waals surface area contributed by atoms with Crippen LogP contribution in [0.2, 0.25) is 5.02 Å². The summed E-state index contributed by atoms with van der Waals surface area (Å²) in [4.78, 5) is 11.7. The lowest BCUT2D eigenvalue weighted by atomic mass is 10.1. The molecule has 0 spiro atoms. The molecular formula is C14H9ClF3NO. The van der Waals surface area contributed by atoms with E-state index in [0.717, 1.165) is 12.1 Å². The third-order valence-corrected chi connectivity index (χ3v) is 2.84. The number of hydrogen-bond acceptors (Lipinski definition) is 1. The zero-order chi connectivity index (χ0) is 14.7. The van der Waals surface area contributed by atoms with Gasteiger partial charge in [-0.3, -0.25) is 4.79 Å². The fraction of sp³-hybridized carbons (Fsp3) is 0.0714. The molecule has 104 valence electrons. The fourth-order valence-electron chi connectivity index (χ4n) is 1.60. The van der Waals surface area contributed by atoms with Gasteiger partial charge in [-0.05, 0) is 29.8 Å². The SMILES string of the molecule is O=C(Cc1ccc(Cl)cc1)Nc1ccc(F)c(F)c1F. The van der Waals surface area contributed by atoms with Crippen molar-refractivity contribution in [3.8, 4) is 0 Å². The molecule has 0 atom stereocenters. The molecule has 0 bridgehead atoms. The molecule has 0 saturated heterocycles. The van der Waals surface area contributed by atoms with Crippen molar-refractivity contribution >= 4 is 23.2 Å². The molecule has 2 nitrogen and oxygen atoms in total. The van der Waals surface area contributed by atoms with E-state index >= 15 is 0 Å². The van der Waals surface area contributed by atoms with E-state index in [1.807, 2.05) is 0 Å². The molecule has 0 saturated carbocycles. The molecule has 20 heavy (non-hydrogen) atoms. The van der Waals surface area contributed by atoms with Crippen LogP contribution in [-0.2, 0) is 11.2 Å². The highest BCUT2D eigenvalue weighted by molar-refractivity contribution is 6.30. The van der Waals surface area contributed by atoms with Crippen molar-refractivity contribution in [3.63, 3.8) is 0 Å². The molecule has 0 unspecified atom stereocenters. The zero-order valence-corrected chi connectivity index (χ0v) is 10.8. The first-order chi connectivity index (χ1) is 9.47. The summed E-state index contributed by atoms with van der Waals surface area (Å²) in [7, 11) is 0. The first-order valence-corrected chi connectivity index (χ1v) is 6.03. The van der Waals surface area contributed by atoms with Gasteiger partial charge >= 0.3 is 0 Å². The Morgan fingerprint density at radius 2 is 1.65 bits per heavy atom. The Bertz CT molecular complexity index is 644. The molecular weight excluding hydrogens is 291 g/mol. The highest BCUT2D eigenvalue weighted by Crippen LogP contribution is 2.20. The average molecular weight is 300 g/mol. The summed E-state index contributed by atoms with van der Waals surface area (Å²) in [6.45, 7) is 0. The molecule has 0 aliphatic heterocycles. The van der Waals surface area contributed by atoms with Crippen molar-refractivity contribution in [3.05, 3.63) is 64.4 Å². The maximum Gasteiger partial charge on any atom is 0.228 e. The van der Waals surface area contributed by atoms with Crippen LogP contribution in [0.25, 0.3) is 0 Å². The predicted molar refractivity (Wildman–Crippen MR) is 70.1 cm³/mol. The van der Waals surface area contributed by atoms with Crippen molar-refractivity contribution in [1.82, 2.24) is 0 Å². The number of rotatable bonds is 3. The standard InChI is InChI=1S/C14H9ClF3NO/c15-9-3-1-8(2-4-9)7-12(20)19-11-6-5-10(16)13(17)14(11)18/h1-6H,7H2,(H,19,20). The highest BCUT2D eigenvalue weighted by atomic mass is 35.5. The van der Waals surface area contributed by atoms with Crippen LogP contribution >= 0.6 is 11.6 Å². The Balaban J connectivity index is 2.08. The molecule has 0 aliphatic rings. The number of hydrogen-bond donors (Lipinski definition) is 1. The number of nitrogens with one attached hydrogen (secondary N) is 1. The van der Waals surface area contributed by atoms with Crippen molar-refractivity contribution in [2.75, 3.05) is 5.32 Å². The van der Waals surface area contributed by atoms with Crippen molar-refractivity contribution < 1.29 is 18.0 Å². The lowest BCUT2D eigenvalue weighted by molar-refractivity contribution is -0.115. The van der Waals surface area contributed by atoms with Crippen LogP contribution in [0.5, 0.6) is 0 Å². The molecule has 0 aliphatic carbocycles. The molecule has 1 amide bonds. The molecule has 2 rings (SSSR count). The summed E-state index contributed by atoms with van der Waals surface area (Å²) in [5.41, 5.74) is 0.262. The largest absolute Gasteiger partial charge is 0.323 e. The van der Waals surface area contributed by atoms with Gasteiger partial charge in [0.1, 0.15) is 0 Å². The van der Waals surface area contributed by atoms with Crippen LogP contribution in [0.1, 0.15) is 5.56 Å². The molecule has 2 aromatic carbocycles. The lowest BCUT2D eigenvalue weighted by Gasteiger charge is -2.07. The summed E-state index contributed by atoms with van der Waals surface area (Å²) < 4.78 is 39.1. The summed E-state index contributed by atoms with van der Waals surface area (Å²) >= 11 is 5.70. The Morgan fingerprint density at radius 1 is 1.00 bits per heavy atom. The van der Waals surface area contributed by atoms with E-state index in [2.05, 4.69) is 5.32 Å². The maximum atomic E-state index is 13.4. The number of carbonyl (C=O) groups is 1. The average Bonchev–Trinajstić information content (AvgIpc) is 2.42. The van der Waals surface area contributed by atoms with Gasteiger partial charge in [0.05, 0.1) is 12.1 Å². The van der Waals surface area contributed by atoms with Gasteiger partial charge in [0.15, 0.2) is 17.5 Å². The van der Waals surface area contributed by atoms with Crippen LogP contribution in [0, 0.1) is 17.5 Å². The Hall–Kier alpha value is -2.01. The Kier molecular flexibility index (Phi) is 4.29. The van der Waals surface area contributed by atoms with Crippen LogP contribution < -0.4 is 5.32 Å². The quantitative estimate of drug-likeness (QED) is 0.855. The molecule has 0 aromatic heterocycles. The summed E-state index contributed by atoms with van der Waals surface area (Å²) in [6, 6.07) is 8.22. The molecule has 6 heteroatoms. The van der Waals surface area contributed by atoms with E-state index in [1.54, 1.807) is 24.3 Å². The molecule has 0 radical (unpaired) electrons. The van der Waals surface area contributed by atoms with Crippen LogP contribution in [0.4, 0.5) is 18.9 Å². The normalized spacial score (nSPS) is 10.4. The third kappa shape index (κ3) is 3.30. The van der Waals surface area contributed by atoms with Crippen LogP contribution in [0.3, 0.4) is 0 Å². The summed E-state index contributed by atoms with van der Waals surface area (Å²) in [5, 5.41) is 2.72. The van der Waals surface area contributed by atoms with Gasteiger partial charge in [-0.1, -0.05) is 23.7 Å². The summed E-state index contributed by atoms with van der Waals surface area (Å²) in [6.07, 6.45) is -0.0321. The minimum absolute atomic E-state index is 0.0321. The van der Waals surface area contributed by atoms with Gasteiger partial charge < -0.3 is 5.32 Å². The monoisotopic (exact) mass is 299 g/mol. The predicted octanol–water partition coefficient (Wildman–Crippen LogP) is 3.94. The van der Waals surface area contributed by atoms with Gasteiger partial charge in [0.25, 0.3) is 0 Å². The number of carbonyl (C=O) groups excluding carboxylic acids is 1. The number of benzene rings is 2. The minimum Gasteiger partial charge on any atom is -0.323 e. The first kappa shape index (κ1) is 14.4. The Morgan fingerprint density at radius 3 is 2.30 bits per heavy atom. The fourth-order valence-corrected chi connectivity index (χ4v) is 1.73. The molecule has 0 heterocycles. The second-order valence-corrected chi connectivity index (χ2v) is 4.51. The van der Waals surface area contributed by atoms with Crippen molar-refractivity contribution in [2.24, 2.45) is 0 Å². The van der Waals surface area contributed by atoms with Gasteiger partial charge in [-0.25, -0.2) is 13.2 Å². The maximum absolute atomic E-state index is 13.4. The Labute approximate surface area is 118 Å². The smallest absolute Gasteiger partial charge is 0.228 e. The van der Waals surface area contributed by atoms with E-state index in [9.17, 15) is 18.0 Å². The number of halogens is 4. The van der Waals surface area contributed by atoms with E-state index in [-0.39, 0.29) is 6.42 Å². The first-order valence-electron chi connectivity index (χ1n) is 5.65. The second kappa shape index (κ2) is 5.96. The van der Waals surface area contributed by atoms with E-state index in [1.165, 1.54) is 0 Å². The third-order valence-electron chi connectivity index (χ3n) is 2.59. The van der Waals surface area contributed by atoms with E-state index in [4.69, 9.17) is 11.6 Å². The minimum atomic E-state index is -1.62. The molecule has 2 aromatic rings. The van der Waals surface area contributed by atoms with Crippen LogP contribution in [0.15, 0.2) is 36.4 Å². The van der Waals surface area contributed by atoms with Gasteiger partial charge in [0.2, 0.25) is 5.91 Å². The zero-order valence-electron chi connectivity index (χ0n) is 10.1. The topological polar surface area (TPSA) is 29.1 Å². The molecule has 0 fully saturated rings. The number of anilines is 1. The van der Waals surface area contributed by atoms with Crippen molar-refractivity contribution in [1.29, 1.82) is 0 Å². The van der Waals surface area contributed by atoms with Gasteiger partial charge in [0, 0.05) is 5.02 Å². The van der Waals surface area contributed by atoms with Gasteiger partial charge in [-0.15, -0.1) is 0 Å². The molecule has 1 N–H and O–H groups in total.